The van der Waals surface area contributed by atoms with E-state index in [0.29, 0.717) is 0 Å². The third-order valence-electron chi connectivity index (χ3n) is 4.60. The van der Waals surface area contributed by atoms with Crippen molar-refractivity contribution in [3.05, 3.63) is 35.6 Å². The van der Waals surface area contributed by atoms with Crippen molar-refractivity contribution in [1.82, 2.24) is 0 Å². The van der Waals surface area contributed by atoms with E-state index in [2.05, 4.69) is 52.8 Å². The molecule has 1 aromatic heterocycles. The molecule has 2 unspecified atom stereocenters. The van der Waals surface area contributed by atoms with Crippen LogP contribution in [0.15, 0.2) is 28.7 Å². The summed E-state index contributed by atoms with van der Waals surface area (Å²) in [6, 6.07) is 8.15. The summed E-state index contributed by atoms with van der Waals surface area (Å²) in [7, 11) is 0. The normalized spacial score (nSPS) is 25.3. The van der Waals surface area contributed by atoms with Gasteiger partial charge in [0, 0.05) is 11.3 Å². The van der Waals surface area contributed by atoms with Gasteiger partial charge in [0.15, 0.2) is 0 Å². The van der Waals surface area contributed by atoms with Gasteiger partial charge in [-0.2, -0.15) is 0 Å². The van der Waals surface area contributed by atoms with Crippen LogP contribution in [0.25, 0.3) is 11.0 Å². The molecule has 21 heavy (non-hydrogen) atoms. The van der Waals surface area contributed by atoms with Crippen molar-refractivity contribution >= 4 is 11.0 Å². The maximum Gasteiger partial charge on any atom is 0.134 e. The maximum absolute atomic E-state index is 6.53. The molecule has 1 aliphatic rings. The number of hydrogen-bond donors (Lipinski definition) is 1. The summed E-state index contributed by atoms with van der Waals surface area (Å²) >= 11 is 0. The molecule has 0 spiro atoms. The van der Waals surface area contributed by atoms with E-state index in [4.69, 9.17) is 14.9 Å². The van der Waals surface area contributed by atoms with E-state index in [0.717, 1.165) is 23.2 Å². The van der Waals surface area contributed by atoms with Crippen LogP contribution in [0.3, 0.4) is 0 Å². The molecule has 2 aromatic rings. The first-order chi connectivity index (χ1) is 9.68. The molecule has 0 radical (unpaired) electrons. The Kier molecular flexibility index (Phi) is 3.19. The average molecular weight is 287 g/mol. The summed E-state index contributed by atoms with van der Waals surface area (Å²) in [5.74, 6) is 1.10. The smallest absolute Gasteiger partial charge is 0.134 e. The zero-order valence-corrected chi connectivity index (χ0v) is 13.6. The fraction of sp³-hybridized carbons (Fsp3) is 0.556. The molecule has 2 N–H and O–H groups in total. The Morgan fingerprint density at radius 2 is 1.90 bits per heavy atom. The zero-order valence-electron chi connectivity index (χ0n) is 13.6. The number of aryl methyl sites for hydroxylation is 1. The minimum absolute atomic E-state index is 0.131. The van der Waals surface area contributed by atoms with Crippen LogP contribution in [0.4, 0.5) is 0 Å². The van der Waals surface area contributed by atoms with Crippen LogP contribution in [0.2, 0.25) is 0 Å². The first-order valence-electron chi connectivity index (χ1n) is 7.64. The van der Waals surface area contributed by atoms with Crippen molar-refractivity contribution in [1.29, 1.82) is 0 Å². The van der Waals surface area contributed by atoms with Gasteiger partial charge in [0.25, 0.3) is 0 Å². The lowest BCUT2D eigenvalue weighted by atomic mass is 9.81. The van der Waals surface area contributed by atoms with E-state index in [-0.39, 0.29) is 23.2 Å². The van der Waals surface area contributed by atoms with E-state index in [1.54, 1.807) is 0 Å². The Bertz CT molecular complexity index is 669. The summed E-state index contributed by atoms with van der Waals surface area (Å²) in [4.78, 5) is 0. The lowest BCUT2D eigenvalue weighted by Crippen LogP contribution is -2.35. The molecule has 0 amide bonds. The predicted molar refractivity (Wildman–Crippen MR) is 85.2 cm³/mol. The van der Waals surface area contributed by atoms with Crippen LogP contribution < -0.4 is 5.73 Å². The first kappa shape index (κ1) is 14.6. The first-order valence-corrected chi connectivity index (χ1v) is 7.64. The Morgan fingerprint density at radius 1 is 1.19 bits per heavy atom. The SMILES string of the molecule is Cc1ccc2oc(C(N)C3CC(C)(C)OC3(C)C)cc2c1. The van der Waals surface area contributed by atoms with Crippen molar-refractivity contribution in [3.8, 4) is 0 Å². The number of benzene rings is 1. The molecule has 0 aliphatic carbocycles. The third-order valence-corrected chi connectivity index (χ3v) is 4.60. The molecule has 3 nitrogen and oxygen atoms in total. The van der Waals surface area contributed by atoms with E-state index in [1.807, 2.05) is 6.07 Å². The number of nitrogens with two attached hydrogens (primary N) is 1. The quantitative estimate of drug-likeness (QED) is 0.894. The van der Waals surface area contributed by atoms with Crippen LogP contribution >= 0.6 is 0 Å². The molecule has 0 bridgehead atoms. The second kappa shape index (κ2) is 4.59. The molecule has 1 saturated heterocycles. The highest BCUT2D eigenvalue weighted by atomic mass is 16.5. The van der Waals surface area contributed by atoms with Gasteiger partial charge in [-0.15, -0.1) is 0 Å². The van der Waals surface area contributed by atoms with Crippen molar-refractivity contribution in [3.63, 3.8) is 0 Å². The van der Waals surface area contributed by atoms with Crippen LogP contribution in [-0.2, 0) is 4.74 Å². The average Bonchev–Trinajstić information content (AvgIpc) is 2.85. The molecular formula is C18H25NO2. The van der Waals surface area contributed by atoms with Crippen molar-refractivity contribution < 1.29 is 9.15 Å². The zero-order chi connectivity index (χ0) is 15.4. The summed E-state index contributed by atoms with van der Waals surface area (Å²) in [5.41, 5.74) is 8.29. The lowest BCUT2D eigenvalue weighted by Gasteiger charge is -2.30. The van der Waals surface area contributed by atoms with Gasteiger partial charge in [-0.25, -0.2) is 0 Å². The molecule has 3 rings (SSSR count). The van der Waals surface area contributed by atoms with Gasteiger partial charge in [0.1, 0.15) is 11.3 Å². The summed E-state index contributed by atoms with van der Waals surface area (Å²) in [6.45, 7) is 10.6. The number of furan rings is 1. The second-order valence-corrected chi connectivity index (χ2v) is 7.49. The number of rotatable bonds is 2. The molecule has 3 heteroatoms. The van der Waals surface area contributed by atoms with E-state index < -0.39 is 0 Å². The van der Waals surface area contributed by atoms with Crippen LogP contribution in [0, 0.1) is 12.8 Å². The largest absolute Gasteiger partial charge is 0.459 e. The second-order valence-electron chi connectivity index (χ2n) is 7.49. The third kappa shape index (κ3) is 2.60. The number of ether oxygens (including phenoxy) is 1. The standard InChI is InChI=1S/C18H25NO2/c1-11-6-7-14-12(8-11)9-15(20-14)16(19)13-10-17(2,3)21-18(13,4)5/h6-9,13,16H,10,19H2,1-5H3. The van der Waals surface area contributed by atoms with Gasteiger partial charge in [-0.05, 0) is 59.2 Å². The highest BCUT2D eigenvalue weighted by molar-refractivity contribution is 5.78. The van der Waals surface area contributed by atoms with Gasteiger partial charge >= 0.3 is 0 Å². The van der Waals surface area contributed by atoms with Crippen LogP contribution in [0.1, 0.15) is 51.5 Å². The Morgan fingerprint density at radius 3 is 2.52 bits per heavy atom. The fourth-order valence-electron chi connectivity index (χ4n) is 3.71. The van der Waals surface area contributed by atoms with Gasteiger partial charge < -0.3 is 14.9 Å². The predicted octanol–water partition coefficient (Wildman–Crippen LogP) is 4.33. The topological polar surface area (TPSA) is 48.4 Å². The van der Waals surface area contributed by atoms with Gasteiger partial charge in [-0.3, -0.25) is 0 Å². The van der Waals surface area contributed by atoms with E-state index in [9.17, 15) is 0 Å². The lowest BCUT2D eigenvalue weighted by molar-refractivity contribution is -0.0772. The number of fused-ring (bicyclic) bond motifs is 1. The Hall–Kier alpha value is -1.32. The van der Waals surface area contributed by atoms with Gasteiger partial charge in [-0.1, -0.05) is 11.6 Å². The Balaban J connectivity index is 1.95. The minimum Gasteiger partial charge on any atom is -0.459 e. The molecule has 0 saturated carbocycles. The summed E-state index contributed by atoms with van der Waals surface area (Å²) < 4.78 is 12.1. The van der Waals surface area contributed by atoms with Crippen LogP contribution in [-0.4, -0.2) is 11.2 Å². The minimum atomic E-state index is -0.238. The molecular weight excluding hydrogens is 262 g/mol. The monoisotopic (exact) mass is 287 g/mol. The van der Waals surface area contributed by atoms with Crippen molar-refractivity contribution in [2.75, 3.05) is 0 Å². The summed E-state index contributed by atoms with van der Waals surface area (Å²) in [6.07, 6.45) is 0.942. The molecule has 2 heterocycles. The fourth-order valence-corrected chi connectivity index (χ4v) is 3.71. The molecule has 2 atom stereocenters. The highest BCUT2D eigenvalue weighted by Gasteiger charge is 2.49. The van der Waals surface area contributed by atoms with E-state index >= 15 is 0 Å². The molecule has 1 aliphatic heterocycles. The van der Waals surface area contributed by atoms with E-state index in [1.165, 1.54) is 5.56 Å². The highest BCUT2D eigenvalue weighted by Crippen LogP contribution is 2.47. The number of hydrogen-bond acceptors (Lipinski definition) is 3. The summed E-state index contributed by atoms with van der Waals surface area (Å²) in [5, 5.41) is 1.12. The molecule has 1 fully saturated rings. The molecule has 114 valence electrons. The van der Waals surface area contributed by atoms with Gasteiger partial charge in [0.2, 0.25) is 0 Å². The van der Waals surface area contributed by atoms with Crippen LogP contribution in [0.5, 0.6) is 0 Å². The van der Waals surface area contributed by atoms with Crippen molar-refractivity contribution in [2.45, 2.75) is 58.3 Å². The molecule has 1 aromatic carbocycles. The van der Waals surface area contributed by atoms with Gasteiger partial charge in [0.05, 0.1) is 17.2 Å². The van der Waals surface area contributed by atoms with Crippen molar-refractivity contribution in [2.24, 2.45) is 11.7 Å². The Labute approximate surface area is 126 Å². The maximum atomic E-state index is 6.53.